The molecule has 0 saturated carbocycles. The van der Waals surface area contributed by atoms with Gasteiger partial charge in [-0.3, -0.25) is 4.79 Å². The molecule has 0 aliphatic carbocycles. The van der Waals surface area contributed by atoms with Crippen molar-refractivity contribution in [1.29, 1.82) is 0 Å². The molecule has 0 bridgehead atoms. The summed E-state index contributed by atoms with van der Waals surface area (Å²) in [6.45, 7) is -0.0368. The monoisotopic (exact) mass is 269 g/mol. The molecule has 102 valence electrons. The average Bonchev–Trinajstić information content (AvgIpc) is 2.46. The molecule has 0 atom stereocenters. The Bertz CT molecular complexity index is 594. The summed E-state index contributed by atoms with van der Waals surface area (Å²) in [6, 6.07) is 16.7. The molecular weight excluding hydrogens is 254 g/mol. The maximum Gasteiger partial charge on any atom is 0.323 e. The Hall–Kier alpha value is -2.69. The first-order chi connectivity index (χ1) is 9.65. The van der Waals surface area contributed by atoms with E-state index in [1.54, 1.807) is 24.1 Å². The van der Waals surface area contributed by atoms with Crippen LogP contribution in [-0.4, -0.2) is 24.7 Å². The predicted octanol–water partition coefficient (Wildman–Crippen LogP) is 3.62. The molecule has 0 aliphatic heterocycles. The number of carbonyl (C=O) groups is 1. The second-order valence-electron chi connectivity index (χ2n) is 4.30. The summed E-state index contributed by atoms with van der Waals surface area (Å²) < 4.78 is 0. The Morgan fingerprint density at radius 1 is 1.00 bits per heavy atom. The Morgan fingerprint density at radius 2 is 1.55 bits per heavy atom. The van der Waals surface area contributed by atoms with E-state index in [9.17, 15) is 4.79 Å². The Balaban J connectivity index is 2.05. The Labute approximate surface area is 117 Å². The van der Waals surface area contributed by atoms with E-state index in [-0.39, 0.29) is 6.54 Å². The third kappa shape index (κ3) is 3.91. The van der Waals surface area contributed by atoms with Crippen LogP contribution in [0.2, 0.25) is 0 Å². The van der Waals surface area contributed by atoms with Crippen molar-refractivity contribution in [2.45, 2.75) is 0 Å². The number of anilines is 1. The van der Waals surface area contributed by atoms with Gasteiger partial charge in [-0.2, -0.15) is 10.2 Å². The summed E-state index contributed by atoms with van der Waals surface area (Å²) in [5.74, 6) is -0.861. The summed E-state index contributed by atoms with van der Waals surface area (Å²) in [5.41, 5.74) is 2.34. The highest BCUT2D eigenvalue weighted by Crippen LogP contribution is 2.21. The third-order valence-electron chi connectivity index (χ3n) is 2.70. The normalized spacial score (nSPS) is 10.7. The van der Waals surface area contributed by atoms with Crippen LogP contribution in [0, 0.1) is 0 Å². The molecule has 5 heteroatoms. The van der Waals surface area contributed by atoms with Crippen molar-refractivity contribution in [2.24, 2.45) is 10.2 Å². The van der Waals surface area contributed by atoms with E-state index in [2.05, 4.69) is 10.2 Å². The SMILES string of the molecule is CN(CC(=O)O)c1ccc(N=Nc2ccccc2)cc1. The van der Waals surface area contributed by atoms with E-state index < -0.39 is 5.97 Å². The van der Waals surface area contributed by atoms with Gasteiger partial charge in [-0.05, 0) is 36.4 Å². The summed E-state index contributed by atoms with van der Waals surface area (Å²) in [4.78, 5) is 12.3. The van der Waals surface area contributed by atoms with Gasteiger partial charge in [-0.1, -0.05) is 18.2 Å². The minimum Gasteiger partial charge on any atom is -0.480 e. The molecule has 5 nitrogen and oxygen atoms in total. The number of carboxylic acids is 1. The quantitative estimate of drug-likeness (QED) is 0.843. The molecule has 0 spiro atoms. The number of rotatable bonds is 5. The van der Waals surface area contributed by atoms with E-state index in [0.717, 1.165) is 17.1 Å². The smallest absolute Gasteiger partial charge is 0.323 e. The zero-order valence-corrected chi connectivity index (χ0v) is 11.1. The number of hydrogen-bond donors (Lipinski definition) is 1. The van der Waals surface area contributed by atoms with Crippen molar-refractivity contribution in [3.05, 3.63) is 54.6 Å². The topological polar surface area (TPSA) is 65.3 Å². The molecule has 2 aromatic carbocycles. The van der Waals surface area contributed by atoms with Crippen molar-refractivity contribution >= 4 is 23.0 Å². The van der Waals surface area contributed by atoms with E-state index in [4.69, 9.17) is 5.11 Å². The molecule has 1 N–H and O–H groups in total. The van der Waals surface area contributed by atoms with Crippen molar-refractivity contribution in [3.63, 3.8) is 0 Å². The molecule has 2 rings (SSSR count). The van der Waals surface area contributed by atoms with E-state index in [0.29, 0.717) is 0 Å². The summed E-state index contributed by atoms with van der Waals surface area (Å²) in [5, 5.41) is 17.0. The number of aliphatic carboxylic acids is 1. The van der Waals surface area contributed by atoms with Crippen molar-refractivity contribution in [1.82, 2.24) is 0 Å². The molecule has 0 fully saturated rings. The van der Waals surface area contributed by atoms with Crippen molar-refractivity contribution in [2.75, 3.05) is 18.5 Å². The highest BCUT2D eigenvalue weighted by molar-refractivity contribution is 5.73. The highest BCUT2D eigenvalue weighted by Gasteiger charge is 2.04. The van der Waals surface area contributed by atoms with Gasteiger partial charge in [0.05, 0.1) is 11.4 Å². The fourth-order valence-electron chi connectivity index (χ4n) is 1.68. The van der Waals surface area contributed by atoms with Gasteiger partial charge in [0.25, 0.3) is 0 Å². The Morgan fingerprint density at radius 3 is 2.10 bits per heavy atom. The highest BCUT2D eigenvalue weighted by atomic mass is 16.4. The first-order valence-corrected chi connectivity index (χ1v) is 6.15. The van der Waals surface area contributed by atoms with Crippen LogP contribution < -0.4 is 4.90 Å². The van der Waals surface area contributed by atoms with Crippen LogP contribution in [0.15, 0.2) is 64.8 Å². The van der Waals surface area contributed by atoms with E-state index >= 15 is 0 Å². The molecule has 0 saturated heterocycles. The molecule has 0 amide bonds. The van der Waals surface area contributed by atoms with Gasteiger partial charge < -0.3 is 10.0 Å². The van der Waals surface area contributed by atoms with Gasteiger partial charge in [-0.15, -0.1) is 0 Å². The molecule has 0 aliphatic rings. The standard InChI is InChI=1S/C15H15N3O2/c1-18(11-15(19)20)14-9-7-13(8-10-14)17-16-12-5-3-2-4-6-12/h2-10H,11H2,1H3,(H,19,20). The third-order valence-corrected chi connectivity index (χ3v) is 2.70. The Kier molecular flexibility index (Phi) is 4.44. The molecule has 0 heterocycles. The van der Waals surface area contributed by atoms with Gasteiger partial charge in [0.1, 0.15) is 6.54 Å². The molecule has 0 aromatic heterocycles. The van der Waals surface area contributed by atoms with Gasteiger partial charge in [0.2, 0.25) is 0 Å². The lowest BCUT2D eigenvalue weighted by atomic mass is 10.2. The number of likely N-dealkylation sites (N-methyl/N-ethyl adjacent to an activating group) is 1. The van der Waals surface area contributed by atoms with Crippen LogP contribution in [0.1, 0.15) is 0 Å². The minimum atomic E-state index is -0.861. The van der Waals surface area contributed by atoms with Crippen LogP contribution in [-0.2, 0) is 4.79 Å². The first kappa shape index (κ1) is 13.7. The molecule has 0 radical (unpaired) electrons. The fourth-order valence-corrected chi connectivity index (χ4v) is 1.68. The van der Waals surface area contributed by atoms with Crippen molar-refractivity contribution < 1.29 is 9.90 Å². The first-order valence-electron chi connectivity index (χ1n) is 6.15. The average molecular weight is 269 g/mol. The van der Waals surface area contributed by atoms with E-state index in [1.165, 1.54) is 0 Å². The van der Waals surface area contributed by atoms with E-state index in [1.807, 2.05) is 42.5 Å². The maximum atomic E-state index is 10.6. The zero-order valence-electron chi connectivity index (χ0n) is 11.1. The van der Waals surface area contributed by atoms with Gasteiger partial charge in [0.15, 0.2) is 0 Å². The second-order valence-corrected chi connectivity index (χ2v) is 4.30. The number of nitrogens with zero attached hydrogens (tertiary/aromatic N) is 3. The summed E-state index contributed by atoms with van der Waals surface area (Å²) in [6.07, 6.45) is 0. The van der Waals surface area contributed by atoms with Crippen LogP contribution >= 0.6 is 0 Å². The lowest BCUT2D eigenvalue weighted by Crippen LogP contribution is -2.24. The zero-order chi connectivity index (χ0) is 14.4. The summed E-state index contributed by atoms with van der Waals surface area (Å²) >= 11 is 0. The van der Waals surface area contributed by atoms with Crippen LogP contribution in [0.5, 0.6) is 0 Å². The van der Waals surface area contributed by atoms with Gasteiger partial charge in [0, 0.05) is 12.7 Å². The second kappa shape index (κ2) is 6.47. The minimum absolute atomic E-state index is 0.0368. The van der Waals surface area contributed by atoms with Crippen molar-refractivity contribution in [3.8, 4) is 0 Å². The summed E-state index contributed by atoms with van der Waals surface area (Å²) in [7, 11) is 1.73. The predicted molar refractivity (Wildman–Crippen MR) is 78.0 cm³/mol. The molecule has 0 unspecified atom stereocenters. The van der Waals surface area contributed by atoms with Crippen LogP contribution in [0.3, 0.4) is 0 Å². The van der Waals surface area contributed by atoms with Gasteiger partial charge >= 0.3 is 5.97 Å². The molecule has 20 heavy (non-hydrogen) atoms. The van der Waals surface area contributed by atoms with Crippen LogP contribution in [0.4, 0.5) is 17.1 Å². The largest absolute Gasteiger partial charge is 0.480 e. The maximum absolute atomic E-state index is 10.6. The fraction of sp³-hybridized carbons (Fsp3) is 0.133. The number of hydrogen-bond acceptors (Lipinski definition) is 4. The number of azo groups is 1. The van der Waals surface area contributed by atoms with Gasteiger partial charge in [-0.25, -0.2) is 0 Å². The number of benzene rings is 2. The van der Waals surface area contributed by atoms with Crippen LogP contribution in [0.25, 0.3) is 0 Å². The molecular formula is C15H15N3O2. The lowest BCUT2D eigenvalue weighted by molar-refractivity contribution is -0.135. The lowest BCUT2D eigenvalue weighted by Gasteiger charge is -2.16. The number of carboxylic acid groups (broad SMARTS) is 1. The molecule has 2 aromatic rings.